The van der Waals surface area contributed by atoms with Gasteiger partial charge >= 0.3 is 0 Å². The minimum atomic E-state index is -0.814. The first-order valence-corrected chi connectivity index (χ1v) is 6.04. The molecule has 0 aromatic heterocycles. The van der Waals surface area contributed by atoms with Crippen LogP contribution in [0.1, 0.15) is 22.3 Å². The molecule has 2 rings (SSSR count). The van der Waals surface area contributed by atoms with Crippen molar-refractivity contribution in [3.05, 3.63) is 47.5 Å². The van der Waals surface area contributed by atoms with Gasteiger partial charge in [0, 0.05) is 12.5 Å². The van der Waals surface area contributed by atoms with Gasteiger partial charge in [0.05, 0.1) is 0 Å². The average Bonchev–Trinajstić information content (AvgIpc) is 2.44. The first-order chi connectivity index (χ1) is 9.50. The maximum Gasteiger partial charge on any atom is 0.201 e. The summed E-state index contributed by atoms with van der Waals surface area (Å²) in [5, 5.41) is 37.8. The summed E-state index contributed by atoms with van der Waals surface area (Å²) in [6.45, 7) is 0. The highest BCUT2D eigenvalue weighted by Gasteiger charge is 2.22. The van der Waals surface area contributed by atoms with Gasteiger partial charge in [0.25, 0.3) is 0 Å². The van der Waals surface area contributed by atoms with Gasteiger partial charge in [0.2, 0.25) is 5.75 Å². The molecule has 0 saturated heterocycles. The van der Waals surface area contributed by atoms with Crippen molar-refractivity contribution < 1.29 is 25.2 Å². The summed E-state index contributed by atoms with van der Waals surface area (Å²) in [5.74, 6) is -3.37. The second kappa shape index (κ2) is 5.52. The molecule has 0 heterocycles. The van der Waals surface area contributed by atoms with E-state index in [0.29, 0.717) is 6.42 Å². The van der Waals surface area contributed by atoms with E-state index in [4.69, 9.17) is 0 Å². The monoisotopic (exact) mass is 274 g/mol. The molecule has 0 saturated carbocycles. The third kappa shape index (κ3) is 2.66. The number of phenolic OH excluding ortho intramolecular Hbond substituents is 4. The highest BCUT2D eigenvalue weighted by atomic mass is 16.3. The Morgan fingerprint density at radius 3 is 2.20 bits per heavy atom. The van der Waals surface area contributed by atoms with Crippen LogP contribution in [0.3, 0.4) is 0 Å². The smallest absolute Gasteiger partial charge is 0.201 e. The Morgan fingerprint density at radius 2 is 1.55 bits per heavy atom. The fourth-order valence-electron chi connectivity index (χ4n) is 1.93. The highest BCUT2D eigenvalue weighted by Crippen LogP contribution is 2.43. The zero-order chi connectivity index (χ0) is 14.7. The first-order valence-electron chi connectivity index (χ1n) is 6.04. The number of hydrogen-bond donors (Lipinski definition) is 4. The van der Waals surface area contributed by atoms with Crippen molar-refractivity contribution in [3.8, 4) is 23.0 Å². The van der Waals surface area contributed by atoms with Gasteiger partial charge < -0.3 is 20.4 Å². The van der Waals surface area contributed by atoms with Gasteiger partial charge in [-0.3, -0.25) is 4.79 Å². The normalized spacial score (nSPS) is 10.4. The van der Waals surface area contributed by atoms with Crippen molar-refractivity contribution in [3.63, 3.8) is 0 Å². The molecule has 0 unspecified atom stereocenters. The minimum absolute atomic E-state index is 0.0648. The van der Waals surface area contributed by atoms with Crippen molar-refractivity contribution >= 4 is 5.78 Å². The number of aromatic hydroxyl groups is 4. The molecular weight excluding hydrogens is 260 g/mol. The highest BCUT2D eigenvalue weighted by molar-refractivity contribution is 6.02. The number of Topliss-reactive ketones (excluding diaryl/α,β-unsaturated/α-hetero) is 1. The lowest BCUT2D eigenvalue weighted by Crippen LogP contribution is -2.02. The molecule has 0 amide bonds. The van der Waals surface area contributed by atoms with E-state index in [1.165, 1.54) is 0 Å². The van der Waals surface area contributed by atoms with Crippen molar-refractivity contribution in [2.24, 2.45) is 0 Å². The van der Waals surface area contributed by atoms with Crippen LogP contribution in [0, 0.1) is 0 Å². The van der Waals surface area contributed by atoms with Crippen LogP contribution < -0.4 is 0 Å². The summed E-state index contributed by atoms with van der Waals surface area (Å²) in [5.41, 5.74) is 0.569. The van der Waals surface area contributed by atoms with Crippen molar-refractivity contribution in [1.82, 2.24) is 0 Å². The molecule has 0 aliphatic carbocycles. The predicted molar refractivity (Wildman–Crippen MR) is 72.2 cm³/mol. The van der Waals surface area contributed by atoms with Crippen LogP contribution in [0.25, 0.3) is 0 Å². The van der Waals surface area contributed by atoms with Crippen molar-refractivity contribution in [2.75, 3.05) is 0 Å². The topological polar surface area (TPSA) is 98.0 Å². The second-order valence-electron chi connectivity index (χ2n) is 4.40. The van der Waals surface area contributed by atoms with Crippen molar-refractivity contribution in [1.29, 1.82) is 0 Å². The summed E-state index contributed by atoms with van der Waals surface area (Å²) in [4.78, 5) is 12.0. The van der Waals surface area contributed by atoms with Crippen LogP contribution in [0.4, 0.5) is 0 Å². The van der Waals surface area contributed by atoms with Gasteiger partial charge in [-0.2, -0.15) is 0 Å². The van der Waals surface area contributed by atoms with Gasteiger partial charge in [0.15, 0.2) is 17.3 Å². The van der Waals surface area contributed by atoms with E-state index in [9.17, 15) is 25.2 Å². The molecule has 0 fully saturated rings. The predicted octanol–water partition coefficient (Wildman–Crippen LogP) is 2.32. The second-order valence-corrected chi connectivity index (χ2v) is 4.40. The Morgan fingerprint density at radius 1 is 0.900 bits per heavy atom. The molecule has 2 aromatic carbocycles. The Labute approximate surface area is 115 Å². The summed E-state index contributed by atoms with van der Waals surface area (Å²) in [7, 11) is 0. The summed E-state index contributed by atoms with van der Waals surface area (Å²) < 4.78 is 0. The van der Waals surface area contributed by atoms with Crippen LogP contribution >= 0.6 is 0 Å². The average molecular weight is 274 g/mol. The molecule has 0 aliphatic rings. The van der Waals surface area contributed by atoms with E-state index in [1.54, 1.807) is 0 Å². The third-order valence-corrected chi connectivity index (χ3v) is 3.00. The molecule has 2 aromatic rings. The molecule has 5 nitrogen and oxygen atoms in total. The molecule has 20 heavy (non-hydrogen) atoms. The van der Waals surface area contributed by atoms with Crippen LogP contribution in [0.2, 0.25) is 0 Å². The van der Waals surface area contributed by atoms with Crippen LogP contribution in [-0.4, -0.2) is 26.2 Å². The molecule has 0 atom stereocenters. The summed E-state index contributed by atoms with van der Waals surface area (Å²) in [6.07, 6.45) is 0.509. The van der Waals surface area contributed by atoms with Gasteiger partial charge in [-0.15, -0.1) is 0 Å². The van der Waals surface area contributed by atoms with Crippen LogP contribution in [0.15, 0.2) is 36.4 Å². The number of aryl methyl sites for hydroxylation is 1. The summed E-state index contributed by atoms with van der Waals surface area (Å²) in [6, 6.07) is 10.1. The van der Waals surface area contributed by atoms with E-state index < -0.39 is 28.8 Å². The van der Waals surface area contributed by atoms with E-state index in [1.807, 2.05) is 30.3 Å². The quantitative estimate of drug-likeness (QED) is 0.389. The van der Waals surface area contributed by atoms with Gasteiger partial charge in [0.1, 0.15) is 11.3 Å². The molecule has 104 valence electrons. The standard InChI is InChI=1S/C15H14O5/c16-10(7-6-9-4-2-1-3-5-9)13-11(17)8-12(18)14(19)15(13)20/h1-5,8,17-20H,6-7H2. The van der Waals surface area contributed by atoms with Gasteiger partial charge in [-0.25, -0.2) is 0 Å². The van der Waals surface area contributed by atoms with Gasteiger partial charge in [-0.05, 0) is 12.0 Å². The maximum atomic E-state index is 12.0. The number of carbonyl (C=O) groups excluding carboxylic acids is 1. The number of phenols is 4. The van der Waals surface area contributed by atoms with E-state index >= 15 is 0 Å². The fourth-order valence-corrected chi connectivity index (χ4v) is 1.93. The Balaban J connectivity index is 2.20. The third-order valence-electron chi connectivity index (χ3n) is 3.00. The van der Waals surface area contributed by atoms with E-state index in [-0.39, 0.29) is 12.0 Å². The molecule has 0 spiro atoms. The molecule has 5 heteroatoms. The number of benzene rings is 2. The Hall–Kier alpha value is -2.69. The fraction of sp³-hybridized carbons (Fsp3) is 0.133. The number of carbonyl (C=O) groups is 1. The van der Waals surface area contributed by atoms with E-state index in [2.05, 4.69) is 0 Å². The molecule has 0 bridgehead atoms. The van der Waals surface area contributed by atoms with Crippen LogP contribution in [-0.2, 0) is 6.42 Å². The molecular formula is C15H14O5. The van der Waals surface area contributed by atoms with Crippen LogP contribution in [0.5, 0.6) is 23.0 Å². The lowest BCUT2D eigenvalue weighted by atomic mass is 10.0. The Bertz CT molecular complexity index is 634. The van der Waals surface area contributed by atoms with E-state index in [0.717, 1.165) is 11.6 Å². The molecule has 0 radical (unpaired) electrons. The largest absolute Gasteiger partial charge is 0.507 e. The lowest BCUT2D eigenvalue weighted by molar-refractivity contribution is 0.0976. The maximum absolute atomic E-state index is 12.0. The number of rotatable bonds is 4. The summed E-state index contributed by atoms with van der Waals surface area (Å²) >= 11 is 0. The zero-order valence-corrected chi connectivity index (χ0v) is 10.6. The van der Waals surface area contributed by atoms with Crippen molar-refractivity contribution in [2.45, 2.75) is 12.8 Å². The minimum Gasteiger partial charge on any atom is -0.507 e. The molecule has 4 N–H and O–H groups in total. The lowest BCUT2D eigenvalue weighted by Gasteiger charge is -2.09. The number of ketones is 1. The number of hydrogen-bond acceptors (Lipinski definition) is 5. The zero-order valence-electron chi connectivity index (χ0n) is 10.6. The van der Waals surface area contributed by atoms with Gasteiger partial charge in [-0.1, -0.05) is 30.3 Å². The molecule has 0 aliphatic heterocycles. The first kappa shape index (κ1) is 13.7. The SMILES string of the molecule is O=C(CCc1ccccc1)c1c(O)cc(O)c(O)c1O. The Kier molecular flexibility index (Phi) is 3.79.